The Morgan fingerprint density at radius 3 is 2.65 bits per heavy atom. The number of anilines is 1. The van der Waals surface area contributed by atoms with Crippen molar-refractivity contribution in [1.82, 2.24) is 4.98 Å². The Bertz CT molecular complexity index is 527. The van der Waals surface area contributed by atoms with Crippen LogP contribution in [0.5, 0.6) is 0 Å². The van der Waals surface area contributed by atoms with Crippen LogP contribution in [0.15, 0.2) is 12.3 Å². The number of sulfone groups is 1. The molecule has 0 saturated carbocycles. The van der Waals surface area contributed by atoms with Gasteiger partial charge < -0.3 is 5.32 Å². The van der Waals surface area contributed by atoms with Gasteiger partial charge in [0.2, 0.25) is 0 Å². The molecule has 1 aromatic heterocycles. The number of nitrogens with one attached hydrogen (secondary N) is 1. The molecular formula is C9H13N3O4S. The number of pyridine rings is 1. The van der Waals surface area contributed by atoms with Crippen LogP contribution < -0.4 is 5.32 Å². The summed E-state index contributed by atoms with van der Waals surface area (Å²) in [5.74, 6) is 0.449. The molecule has 0 aliphatic carbocycles. The predicted molar refractivity (Wildman–Crippen MR) is 63.8 cm³/mol. The Hall–Kier alpha value is -1.70. The van der Waals surface area contributed by atoms with Crippen molar-refractivity contribution in [2.75, 3.05) is 23.9 Å². The second-order valence-corrected chi connectivity index (χ2v) is 5.93. The third kappa shape index (κ3) is 4.35. The van der Waals surface area contributed by atoms with Crippen LogP contribution in [0.25, 0.3) is 0 Å². The highest BCUT2D eigenvalue weighted by molar-refractivity contribution is 7.90. The van der Waals surface area contributed by atoms with Gasteiger partial charge in [-0.3, -0.25) is 10.1 Å². The predicted octanol–water partition coefficient (Wildman–Crippen LogP) is 0.755. The van der Waals surface area contributed by atoms with Crippen LogP contribution in [0.2, 0.25) is 0 Å². The Labute approximate surface area is 98.9 Å². The van der Waals surface area contributed by atoms with E-state index < -0.39 is 14.8 Å². The Morgan fingerprint density at radius 1 is 1.53 bits per heavy atom. The van der Waals surface area contributed by atoms with Gasteiger partial charge in [-0.2, -0.15) is 0 Å². The molecule has 0 aromatic carbocycles. The summed E-state index contributed by atoms with van der Waals surface area (Å²) in [5.41, 5.74) is 0.517. The number of rotatable bonds is 5. The van der Waals surface area contributed by atoms with Crippen LogP contribution in [0.1, 0.15) is 5.56 Å². The largest absolute Gasteiger partial charge is 0.369 e. The van der Waals surface area contributed by atoms with E-state index in [2.05, 4.69) is 10.3 Å². The summed E-state index contributed by atoms with van der Waals surface area (Å²) < 4.78 is 21.8. The van der Waals surface area contributed by atoms with Crippen LogP contribution in [0.4, 0.5) is 11.5 Å². The molecule has 0 saturated heterocycles. The van der Waals surface area contributed by atoms with Crippen molar-refractivity contribution in [3.8, 4) is 0 Å². The average molecular weight is 259 g/mol. The first-order valence-corrected chi connectivity index (χ1v) is 6.88. The van der Waals surface area contributed by atoms with E-state index in [1.54, 1.807) is 6.92 Å². The monoisotopic (exact) mass is 259 g/mol. The van der Waals surface area contributed by atoms with Crippen LogP contribution in [-0.4, -0.2) is 36.9 Å². The van der Waals surface area contributed by atoms with E-state index in [1.807, 2.05) is 0 Å². The van der Waals surface area contributed by atoms with E-state index in [-0.39, 0.29) is 18.0 Å². The first kappa shape index (κ1) is 13.4. The summed E-state index contributed by atoms with van der Waals surface area (Å²) >= 11 is 0. The Morgan fingerprint density at radius 2 is 2.18 bits per heavy atom. The lowest BCUT2D eigenvalue weighted by molar-refractivity contribution is -0.385. The molecule has 17 heavy (non-hydrogen) atoms. The second-order valence-electron chi connectivity index (χ2n) is 3.67. The molecule has 0 unspecified atom stereocenters. The van der Waals surface area contributed by atoms with Gasteiger partial charge in [0, 0.05) is 18.9 Å². The lowest BCUT2D eigenvalue weighted by Crippen LogP contribution is -2.15. The van der Waals surface area contributed by atoms with Gasteiger partial charge in [-0.25, -0.2) is 13.4 Å². The van der Waals surface area contributed by atoms with E-state index >= 15 is 0 Å². The number of nitro groups is 1. The third-order valence-corrected chi connectivity index (χ3v) is 2.99. The molecule has 0 atom stereocenters. The molecule has 1 aromatic rings. The van der Waals surface area contributed by atoms with Crippen LogP contribution in [0, 0.1) is 17.0 Å². The molecule has 1 rings (SSSR count). The molecule has 0 spiro atoms. The maximum atomic E-state index is 10.9. The van der Waals surface area contributed by atoms with Gasteiger partial charge in [0.05, 0.1) is 10.7 Å². The van der Waals surface area contributed by atoms with Crippen LogP contribution in [-0.2, 0) is 9.84 Å². The molecule has 8 heteroatoms. The van der Waals surface area contributed by atoms with E-state index in [1.165, 1.54) is 6.07 Å². The van der Waals surface area contributed by atoms with Crippen molar-refractivity contribution in [2.45, 2.75) is 6.92 Å². The lowest BCUT2D eigenvalue weighted by atomic mass is 10.2. The van der Waals surface area contributed by atoms with Gasteiger partial charge in [-0.1, -0.05) is 0 Å². The van der Waals surface area contributed by atoms with E-state index in [9.17, 15) is 18.5 Å². The molecule has 0 aliphatic rings. The minimum Gasteiger partial charge on any atom is -0.369 e. The maximum absolute atomic E-state index is 10.9. The fourth-order valence-corrected chi connectivity index (χ4v) is 1.67. The molecule has 0 radical (unpaired) electrons. The van der Waals surface area contributed by atoms with Gasteiger partial charge in [-0.15, -0.1) is 0 Å². The standard InChI is InChI=1S/C9H13N3O4S/c1-7-5-8(12(13)14)6-11-9(7)10-3-4-17(2,15)16/h5-6H,3-4H2,1-2H3,(H,10,11). The highest BCUT2D eigenvalue weighted by Gasteiger charge is 2.09. The van der Waals surface area contributed by atoms with Gasteiger partial charge in [0.15, 0.2) is 0 Å². The topological polar surface area (TPSA) is 102 Å². The molecule has 0 fully saturated rings. The van der Waals surface area contributed by atoms with Gasteiger partial charge in [0.1, 0.15) is 21.9 Å². The number of aromatic nitrogens is 1. The highest BCUT2D eigenvalue weighted by Crippen LogP contribution is 2.17. The van der Waals surface area contributed by atoms with Gasteiger partial charge in [-0.05, 0) is 12.5 Å². The highest BCUT2D eigenvalue weighted by atomic mass is 32.2. The number of hydrogen-bond acceptors (Lipinski definition) is 6. The molecule has 1 heterocycles. The SMILES string of the molecule is Cc1cc([N+](=O)[O-])cnc1NCCS(C)(=O)=O. The first-order chi connectivity index (χ1) is 7.79. The van der Waals surface area contributed by atoms with Crippen molar-refractivity contribution in [2.24, 2.45) is 0 Å². The van der Waals surface area contributed by atoms with Crippen molar-refractivity contribution < 1.29 is 13.3 Å². The van der Waals surface area contributed by atoms with Crippen LogP contribution >= 0.6 is 0 Å². The maximum Gasteiger partial charge on any atom is 0.287 e. The molecule has 1 N–H and O–H groups in total. The summed E-state index contributed by atoms with van der Waals surface area (Å²) in [6.07, 6.45) is 2.28. The van der Waals surface area contributed by atoms with Gasteiger partial charge in [0.25, 0.3) is 5.69 Å². The molecule has 94 valence electrons. The number of hydrogen-bond donors (Lipinski definition) is 1. The van der Waals surface area contributed by atoms with E-state index in [0.717, 1.165) is 12.5 Å². The summed E-state index contributed by atoms with van der Waals surface area (Å²) in [5, 5.41) is 13.3. The third-order valence-electron chi connectivity index (χ3n) is 2.04. The van der Waals surface area contributed by atoms with Gasteiger partial charge >= 0.3 is 0 Å². The number of nitrogens with zero attached hydrogens (tertiary/aromatic N) is 2. The fourth-order valence-electron chi connectivity index (χ4n) is 1.20. The van der Waals surface area contributed by atoms with E-state index in [0.29, 0.717) is 11.4 Å². The van der Waals surface area contributed by atoms with Crippen LogP contribution in [0.3, 0.4) is 0 Å². The van der Waals surface area contributed by atoms with Crippen molar-refractivity contribution >= 4 is 21.3 Å². The Kier molecular flexibility index (Phi) is 4.00. The summed E-state index contributed by atoms with van der Waals surface area (Å²) in [6.45, 7) is 1.90. The van der Waals surface area contributed by atoms with Crippen molar-refractivity contribution in [1.29, 1.82) is 0 Å². The smallest absolute Gasteiger partial charge is 0.287 e. The van der Waals surface area contributed by atoms with Crippen molar-refractivity contribution in [3.05, 3.63) is 27.9 Å². The Balaban J connectivity index is 2.70. The quantitative estimate of drug-likeness (QED) is 0.618. The first-order valence-electron chi connectivity index (χ1n) is 4.82. The van der Waals surface area contributed by atoms with E-state index in [4.69, 9.17) is 0 Å². The minimum atomic E-state index is -3.03. The minimum absolute atomic E-state index is 0.00882. The summed E-state index contributed by atoms with van der Waals surface area (Å²) in [4.78, 5) is 13.8. The normalized spacial score (nSPS) is 11.2. The molecule has 0 aliphatic heterocycles. The lowest BCUT2D eigenvalue weighted by Gasteiger charge is -2.07. The molecular weight excluding hydrogens is 246 g/mol. The zero-order chi connectivity index (χ0) is 13.1. The zero-order valence-electron chi connectivity index (χ0n) is 9.50. The zero-order valence-corrected chi connectivity index (χ0v) is 10.3. The average Bonchev–Trinajstić information content (AvgIpc) is 2.18. The van der Waals surface area contributed by atoms with Crippen molar-refractivity contribution in [3.63, 3.8) is 0 Å². The molecule has 0 amide bonds. The molecule has 0 bridgehead atoms. The molecule has 7 nitrogen and oxygen atoms in total. The number of aryl methyl sites for hydroxylation is 1. The summed E-state index contributed by atoms with van der Waals surface area (Å²) in [6, 6.07) is 1.38. The second kappa shape index (κ2) is 5.09. The fraction of sp³-hybridized carbons (Fsp3) is 0.444. The summed E-state index contributed by atoms with van der Waals surface area (Å²) in [7, 11) is -3.03.